The smallest absolute Gasteiger partial charge is 0.0716 e. The summed E-state index contributed by atoms with van der Waals surface area (Å²) in [6.07, 6.45) is 6.40. The number of β-amino-alcohol motifs (C(OH)–C–C–N with tert-alkyl or cyclic N) is 1. The van der Waals surface area contributed by atoms with Crippen LogP contribution in [0.5, 0.6) is 0 Å². The van der Waals surface area contributed by atoms with Crippen LogP contribution >= 0.6 is 0 Å². The molecule has 1 aliphatic carbocycles. The molecule has 3 heteroatoms. The first-order valence-electron chi connectivity index (χ1n) is 7.33. The van der Waals surface area contributed by atoms with Gasteiger partial charge in [0.05, 0.1) is 18.0 Å². The van der Waals surface area contributed by atoms with Gasteiger partial charge in [-0.1, -0.05) is 20.8 Å². The quantitative estimate of drug-likeness (QED) is 0.843. The van der Waals surface area contributed by atoms with Crippen molar-refractivity contribution in [2.24, 2.45) is 0 Å². The van der Waals surface area contributed by atoms with E-state index in [-0.39, 0.29) is 11.5 Å². The Morgan fingerprint density at radius 1 is 1.26 bits per heavy atom. The molecule has 1 saturated heterocycles. The molecule has 3 nitrogen and oxygen atoms in total. The average molecular weight is 260 g/mol. The number of hydrogen-bond donors (Lipinski definition) is 1. The van der Waals surface area contributed by atoms with Gasteiger partial charge in [-0.3, -0.25) is 4.98 Å². The van der Waals surface area contributed by atoms with Crippen LogP contribution in [0.2, 0.25) is 0 Å². The molecule has 3 rings (SSSR count). The summed E-state index contributed by atoms with van der Waals surface area (Å²) in [6, 6.07) is 4.30. The molecule has 0 radical (unpaired) electrons. The van der Waals surface area contributed by atoms with Gasteiger partial charge in [-0.25, -0.2) is 0 Å². The second-order valence-corrected chi connectivity index (χ2v) is 7.18. The maximum absolute atomic E-state index is 9.92. The standard InChI is InChI=1S/C16H24N2O/c1-15(2,3)14-5-4-12(10-17-14)18-11-13(19)6-7-16(18)8-9-16/h4-5,10,13,19H,6-9,11H2,1-3H3. The summed E-state index contributed by atoms with van der Waals surface area (Å²) >= 11 is 0. The lowest BCUT2D eigenvalue weighted by Gasteiger charge is -2.40. The number of aliphatic hydroxyl groups excluding tert-OH is 1. The van der Waals surface area contributed by atoms with Crippen LogP contribution in [0.3, 0.4) is 0 Å². The molecule has 104 valence electrons. The molecule has 19 heavy (non-hydrogen) atoms. The molecule has 1 unspecified atom stereocenters. The number of nitrogens with zero attached hydrogens (tertiary/aromatic N) is 2. The van der Waals surface area contributed by atoms with Crippen molar-refractivity contribution >= 4 is 5.69 Å². The number of rotatable bonds is 1. The van der Waals surface area contributed by atoms with E-state index in [4.69, 9.17) is 0 Å². The lowest BCUT2D eigenvalue weighted by molar-refractivity contribution is 0.138. The van der Waals surface area contributed by atoms with Gasteiger partial charge in [-0.05, 0) is 37.8 Å². The summed E-state index contributed by atoms with van der Waals surface area (Å²) in [4.78, 5) is 7.01. The number of pyridine rings is 1. The van der Waals surface area contributed by atoms with Crippen molar-refractivity contribution in [3.8, 4) is 0 Å². The van der Waals surface area contributed by atoms with E-state index in [9.17, 15) is 5.11 Å². The molecule has 1 saturated carbocycles. The van der Waals surface area contributed by atoms with Gasteiger partial charge in [0.25, 0.3) is 0 Å². The number of hydrogen-bond acceptors (Lipinski definition) is 3. The van der Waals surface area contributed by atoms with E-state index in [0.29, 0.717) is 5.54 Å². The summed E-state index contributed by atoms with van der Waals surface area (Å²) < 4.78 is 0. The predicted molar refractivity (Wildman–Crippen MR) is 77.5 cm³/mol. The van der Waals surface area contributed by atoms with E-state index in [1.165, 1.54) is 18.5 Å². The monoisotopic (exact) mass is 260 g/mol. The van der Waals surface area contributed by atoms with Crippen LogP contribution < -0.4 is 4.90 Å². The van der Waals surface area contributed by atoms with Gasteiger partial charge in [0.15, 0.2) is 0 Å². The highest BCUT2D eigenvalue weighted by atomic mass is 16.3. The average Bonchev–Trinajstić information content (AvgIpc) is 3.13. The fraction of sp³-hybridized carbons (Fsp3) is 0.688. The first-order valence-corrected chi connectivity index (χ1v) is 7.33. The minimum Gasteiger partial charge on any atom is -0.391 e. The van der Waals surface area contributed by atoms with Crippen LogP contribution in [-0.2, 0) is 5.41 Å². The molecule has 1 aliphatic heterocycles. The van der Waals surface area contributed by atoms with Crippen molar-refractivity contribution in [3.63, 3.8) is 0 Å². The summed E-state index contributed by atoms with van der Waals surface area (Å²) in [5, 5.41) is 9.92. The van der Waals surface area contributed by atoms with Gasteiger partial charge in [0, 0.05) is 23.2 Å². The van der Waals surface area contributed by atoms with E-state index < -0.39 is 0 Å². The summed E-state index contributed by atoms with van der Waals surface area (Å²) in [5.41, 5.74) is 2.73. The Morgan fingerprint density at radius 3 is 2.53 bits per heavy atom. The van der Waals surface area contributed by atoms with Gasteiger partial charge in [-0.15, -0.1) is 0 Å². The van der Waals surface area contributed by atoms with Crippen LogP contribution in [0, 0.1) is 0 Å². The van der Waals surface area contributed by atoms with Gasteiger partial charge in [0.2, 0.25) is 0 Å². The number of anilines is 1. The Hall–Kier alpha value is -1.09. The van der Waals surface area contributed by atoms with Gasteiger partial charge in [-0.2, -0.15) is 0 Å². The maximum atomic E-state index is 9.92. The molecule has 1 aromatic heterocycles. The Bertz CT molecular complexity index is 457. The summed E-state index contributed by atoms with van der Waals surface area (Å²) in [6.45, 7) is 7.31. The van der Waals surface area contributed by atoms with Crippen molar-refractivity contribution in [3.05, 3.63) is 24.0 Å². The normalized spacial score (nSPS) is 25.7. The number of aliphatic hydroxyl groups is 1. The van der Waals surface area contributed by atoms with Crippen molar-refractivity contribution < 1.29 is 5.11 Å². The van der Waals surface area contributed by atoms with Crippen LogP contribution in [0.1, 0.15) is 52.1 Å². The number of piperidine rings is 1. The van der Waals surface area contributed by atoms with Crippen molar-refractivity contribution in [1.29, 1.82) is 0 Å². The predicted octanol–water partition coefficient (Wildman–Crippen LogP) is 2.87. The lowest BCUT2D eigenvalue weighted by atomic mass is 9.91. The first-order chi connectivity index (χ1) is 8.91. The third-order valence-electron chi connectivity index (χ3n) is 4.56. The zero-order chi connectivity index (χ0) is 13.7. The number of aromatic nitrogens is 1. The summed E-state index contributed by atoms with van der Waals surface area (Å²) in [7, 11) is 0. The molecule has 1 N–H and O–H groups in total. The van der Waals surface area contributed by atoms with Gasteiger partial charge in [0.1, 0.15) is 0 Å². The van der Waals surface area contributed by atoms with Crippen LogP contribution in [-0.4, -0.2) is 28.3 Å². The fourth-order valence-corrected chi connectivity index (χ4v) is 3.10. The van der Waals surface area contributed by atoms with Crippen LogP contribution in [0.4, 0.5) is 5.69 Å². The van der Waals surface area contributed by atoms with E-state index in [2.05, 4.69) is 42.8 Å². The fourth-order valence-electron chi connectivity index (χ4n) is 3.10. The Morgan fingerprint density at radius 2 is 2.00 bits per heavy atom. The van der Waals surface area contributed by atoms with Gasteiger partial charge >= 0.3 is 0 Å². The van der Waals surface area contributed by atoms with Crippen molar-refractivity contribution in [1.82, 2.24) is 4.98 Å². The molecular formula is C16H24N2O. The highest BCUT2D eigenvalue weighted by Crippen LogP contribution is 2.50. The second kappa shape index (κ2) is 4.20. The first kappa shape index (κ1) is 12.9. The minimum atomic E-state index is -0.187. The van der Waals surface area contributed by atoms with Crippen LogP contribution in [0.15, 0.2) is 18.3 Å². The van der Waals surface area contributed by atoms with E-state index in [1.807, 2.05) is 6.20 Å². The molecule has 0 aromatic carbocycles. The molecule has 2 fully saturated rings. The van der Waals surface area contributed by atoms with Crippen molar-refractivity contribution in [2.45, 2.75) is 63.5 Å². The van der Waals surface area contributed by atoms with Crippen LogP contribution in [0.25, 0.3) is 0 Å². The zero-order valence-corrected chi connectivity index (χ0v) is 12.2. The summed E-state index contributed by atoms with van der Waals surface area (Å²) in [5.74, 6) is 0. The topological polar surface area (TPSA) is 36.4 Å². The van der Waals surface area contributed by atoms with E-state index in [1.54, 1.807) is 0 Å². The Kier molecular flexibility index (Phi) is 2.86. The molecular weight excluding hydrogens is 236 g/mol. The minimum absolute atomic E-state index is 0.0945. The Labute approximate surface area is 115 Å². The van der Waals surface area contributed by atoms with E-state index >= 15 is 0 Å². The third-order valence-corrected chi connectivity index (χ3v) is 4.56. The maximum Gasteiger partial charge on any atom is 0.0716 e. The van der Waals surface area contributed by atoms with Gasteiger partial charge < -0.3 is 10.0 Å². The molecule has 1 spiro atoms. The lowest BCUT2D eigenvalue weighted by Crippen LogP contribution is -2.47. The molecule has 2 heterocycles. The second-order valence-electron chi connectivity index (χ2n) is 7.18. The zero-order valence-electron chi connectivity index (χ0n) is 12.2. The molecule has 0 bridgehead atoms. The Balaban J connectivity index is 1.85. The molecule has 1 aromatic rings. The van der Waals surface area contributed by atoms with Crippen molar-refractivity contribution in [2.75, 3.05) is 11.4 Å². The van der Waals surface area contributed by atoms with E-state index in [0.717, 1.165) is 25.1 Å². The SMILES string of the molecule is CC(C)(C)c1ccc(N2CC(O)CCC23CC3)cn1. The molecule has 0 amide bonds. The molecule has 1 atom stereocenters. The largest absolute Gasteiger partial charge is 0.391 e. The highest BCUT2D eigenvalue weighted by Gasteiger charge is 2.50. The molecule has 2 aliphatic rings. The highest BCUT2D eigenvalue weighted by molar-refractivity contribution is 5.51. The third kappa shape index (κ3) is 2.36.